The van der Waals surface area contributed by atoms with Gasteiger partial charge in [-0.3, -0.25) is 14.9 Å². The maximum Gasteiger partial charge on any atom is 0.269 e. The highest BCUT2D eigenvalue weighted by atomic mass is 32.1. The van der Waals surface area contributed by atoms with Crippen LogP contribution in [-0.2, 0) is 9.59 Å². The molecule has 1 aromatic heterocycles. The van der Waals surface area contributed by atoms with E-state index in [9.17, 15) is 14.0 Å². The van der Waals surface area contributed by atoms with Crippen molar-refractivity contribution in [3.8, 4) is 5.75 Å². The zero-order valence-corrected chi connectivity index (χ0v) is 15.8. The number of fused-ring (bicyclic) bond motifs is 1. The molecule has 8 heteroatoms. The number of ether oxygens (including phenoxy) is 1. The third-order valence-corrected chi connectivity index (χ3v) is 4.60. The zero-order chi connectivity index (χ0) is 19.6. The Balaban J connectivity index is 1.74. The Bertz CT molecular complexity index is 999. The highest BCUT2D eigenvalue weighted by Gasteiger charge is 2.30. The van der Waals surface area contributed by atoms with Crippen molar-refractivity contribution in [2.75, 3.05) is 10.6 Å². The van der Waals surface area contributed by atoms with E-state index in [1.165, 1.54) is 42.5 Å². The van der Waals surface area contributed by atoms with Gasteiger partial charge in [-0.25, -0.2) is 9.37 Å². The molecule has 0 spiro atoms. The number of amides is 2. The minimum Gasteiger partial charge on any atom is -0.478 e. The van der Waals surface area contributed by atoms with Crippen molar-refractivity contribution in [1.82, 2.24) is 4.98 Å². The Hall–Kier alpha value is -3.00. The molecule has 0 fully saturated rings. The Morgan fingerprint density at radius 2 is 1.81 bits per heavy atom. The fourth-order valence-electron chi connectivity index (χ4n) is 2.35. The van der Waals surface area contributed by atoms with E-state index in [0.29, 0.717) is 22.1 Å². The van der Waals surface area contributed by atoms with Gasteiger partial charge in [0.1, 0.15) is 11.6 Å². The number of carbonyl (C=O) groups excluding carboxylic acids is 2. The van der Waals surface area contributed by atoms with Gasteiger partial charge < -0.3 is 10.1 Å². The summed E-state index contributed by atoms with van der Waals surface area (Å²) < 4.78 is 19.5. The molecule has 2 N–H and O–H groups in total. The summed E-state index contributed by atoms with van der Waals surface area (Å²) in [6, 6.07) is 10.8. The van der Waals surface area contributed by atoms with Gasteiger partial charge in [-0.1, -0.05) is 11.3 Å². The minimum absolute atomic E-state index is 0.160. The SMILES string of the molecule is CC(=O)Nc1ccc2nc(NC(=O)C(C)(C)Oc3ccc(F)cc3)sc2c1. The Labute approximate surface area is 159 Å². The van der Waals surface area contributed by atoms with Gasteiger partial charge >= 0.3 is 0 Å². The molecule has 6 nitrogen and oxygen atoms in total. The predicted octanol–water partition coefficient (Wildman–Crippen LogP) is 4.19. The molecule has 3 aromatic rings. The molecule has 0 bridgehead atoms. The van der Waals surface area contributed by atoms with E-state index in [1.807, 2.05) is 0 Å². The van der Waals surface area contributed by atoms with Crippen LogP contribution in [0.2, 0.25) is 0 Å². The van der Waals surface area contributed by atoms with Crippen LogP contribution in [0, 0.1) is 5.82 Å². The Morgan fingerprint density at radius 3 is 2.48 bits per heavy atom. The number of thiazole rings is 1. The number of benzene rings is 2. The van der Waals surface area contributed by atoms with Crippen LogP contribution >= 0.6 is 11.3 Å². The number of rotatable bonds is 5. The van der Waals surface area contributed by atoms with E-state index in [4.69, 9.17) is 4.74 Å². The number of carbonyl (C=O) groups is 2. The normalized spacial score (nSPS) is 11.3. The molecule has 0 saturated carbocycles. The molecule has 140 valence electrons. The van der Waals surface area contributed by atoms with Gasteiger partial charge in [0.05, 0.1) is 10.2 Å². The van der Waals surface area contributed by atoms with Crippen molar-refractivity contribution < 1.29 is 18.7 Å². The number of hydrogen-bond acceptors (Lipinski definition) is 5. The third kappa shape index (κ3) is 4.59. The fourth-order valence-corrected chi connectivity index (χ4v) is 3.25. The van der Waals surface area contributed by atoms with Gasteiger partial charge in [-0.15, -0.1) is 0 Å². The summed E-state index contributed by atoms with van der Waals surface area (Å²) in [5.74, 6) is -0.529. The average Bonchev–Trinajstić information content (AvgIpc) is 2.97. The number of anilines is 2. The molecule has 0 aliphatic rings. The molecule has 0 unspecified atom stereocenters. The lowest BCUT2D eigenvalue weighted by molar-refractivity contribution is -0.128. The van der Waals surface area contributed by atoms with Crippen molar-refractivity contribution in [1.29, 1.82) is 0 Å². The maximum absolute atomic E-state index is 13.0. The van der Waals surface area contributed by atoms with Crippen LogP contribution in [0.5, 0.6) is 5.75 Å². The van der Waals surface area contributed by atoms with Gasteiger partial charge in [-0.05, 0) is 56.3 Å². The summed E-state index contributed by atoms with van der Waals surface area (Å²) in [5, 5.41) is 5.88. The van der Waals surface area contributed by atoms with Crippen LogP contribution in [0.25, 0.3) is 10.2 Å². The first-order valence-corrected chi connectivity index (χ1v) is 8.99. The van der Waals surface area contributed by atoms with E-state index in [0.717, 1.165) is 4.70 Å². The van der Waals surface area contributed by atoms with Crippen LogP contribution in [0.1, 0.15) is 20.8 Å². The molecule has 0 saturated heterocycles. The summed E-state index contributed by atoms with van der Waals surface area (Å²) in [6.07, 6.45) is 0. The number of nitrogens with zero attached hydrogens (tertiary/aromatic N) is 1. The van der Waals surface area contributed by atoms with E-state index in [-0.39, 0.29) is 17.6 Å². The van der Waals surface area contributed by atoms with Crippen molar-refractivity contribution in [2.45, 2.75) is 26.4 Å². The van der Waals surface area contributed by atoms with Gasteiger partial charge in [-0.2, -0.15) is 0 Å². The van der Waals surface area contributed by atoms with E-state index in [2.05, 4.69) is 15.6 Å². The second-order valence-corrected chi connectivity index (χ2v) is 7.43. The maximum atomic E-state index is 13.0. The number of nitrogens with one attached hydrogen (secondary N) is 2. The second-order valence-electron chi connectivity index (χ2n) is 6.40. The molecule has 1 heterocycles. The van der Waals surface area contributed by atoms with Gasteiger partial charge in [0.15, 0.2) is 10.7 Å². The van der Waals surface area contributed by atoms with Crippen LogP contribution in [-0.4, -0.2) is 22.4 Å². The van der Waals surface area contributed by atoms with Crippen LogP contribution in [0.15, 0.2) is 42.5 Å². The van der Waals surface area contributed by atoms with E-state index >= 15 is 0 Å². The van der Waals surface area contributed by atoms with Crippen molar-refractivity contribution >= 4 is 44.2 Å². The van der Waals surface area contributed by atoms with Gasteiger partial charge in [0.25, 0.3) is 5.91 Å². The number of aromatic nitrogens is 1. The first-order chi connectivity index (χ1) is 12.7. The molecular formula is C19H18FN3O3S. The first-order valence-electron chi connectivity index (χ1n) is 8.17. The summed E-state index contributed by atoms with van der Waals surface area (Å²) in [7, 11) is 0. The molecule has 27 heavy (non-hydrogen) atoms. The lowest BCUT2D eigenvalue weighted by Crippen LogP contribution is -2.42. The molecule has 3 rings (SSSR count). The molecule has 0 radical (unpaired) electrons. The molecule has 0 aliphatic carbocycles. The smallest absolute Gasteiger partial charge is 0.269 e. The highest BCUT2D eigenvalue weighted by molar-refractivity contribution is 7.22. The molecule has 0 aliphatic heterocycles. The Morgan fingerprint density at radius 1 is 1.11 bits per heavy atom. The lowest BCUT2D eigenvalue weighted by Gasteiger charge is -2.24. The van der Waals surface area contributed by atoms with Crippen LogP contribution in [0.4, 0.5) is 15.2 Å². The quantitative estimate of drug-likeness (QED) is 0.688. The van der Waals surface area contributed by atoms with Crippen molar-refractivity contribution in [3.05, 3.63) is 48.3 Å². The largest absolute Gasteiger partial charge is 0.478 e. The standard InChI is InChI=1S/C19H18FN3O3S/c1-11(24)21-13-6-9-15-16(10-13)27-18(22-15)23-17(25)19(2,3)26-14-7-4-12(20)5-8-14/h4-10H,1-3H3,(H,21,24)(H,22,23,25). The monoisotopic (exact) mass is 387 g/mol. The lowest BCUT2D eigenvalue weighted by atomic mass is 10.1. The van der Waals surface area contributed by atoms with Gasteiger partial charge in [0.2, 0.25) is 5.91 Å². The number of halogens is 1. The fraction of sp³-hybridized carbons (Fsp3) is 0.211. The van der Waals surface area contributed by atoms with Crippen LogP contribution < -0.4 is 15.4 Å². The van der Waals surface area contributed by atoms with Crippen LogP contribution in [0.3, 0.4) is 0 Å². The summed E-state index contributed by atoms with van der Waals surface area (Å²) in [5.41, 5.74) is 0.190. The van der Waals surface area contributed by atoms with E-state index < -0.39 is 5.60 Å². The summed E-state index contributed by atoms with van der Waals surface area (Å²) in [4.78, 5) is 28.1. The zero-order valence-electron chi connectivity index (χ0n) is 15.0. The highest BCUT2D eigenvalue weighted by Crippen LogP contribution is 2.29. The summed E-state index contributed by atoms with van der Waals surface area (Å²) >= 11 is 1.29. The minimum atomic E-state index is -1.18. The number of hydrogen-bond donors (Lipinski definition) is 2. The van der Waals surface area contributed by atoms with Crippen molar-refractivity contribution in [2.24, 2.45) is 0 Å². The summed E-state index contributed by atoms with van der Waals surface area (Å²) in [6.45, 7) is 4.67. The Kier molecular flexibility index (Phi) is 5.09. The molecule has 2 amide bonds. The average molecular weight is 387 g/mol. The molecular weight excluding hydrogens is 369 g/mol. The van der Waals surface area contributed by atoms with Gasteiger partial charge in [0, 0.05) is 12.6 Å². The molecule has 0 atom stereocenters. The van der Waals surface area contributed by atoms with Crippen molar-refractivity contribution in [3.63, 3.8) is 0 Å². The first kappa shape index (κ1) is 18.8. The predicted molar refractivity (Wildman–Crippen MR) is 104 cm³/mol. The second kappa shape index (κ2) is 7.32. The third-order valence-electron chi connectivity index (χ3n) is 3.66. The topological polar surface area (TPSA) is 80.3 Å². The molecule has 2 aromatic carbocycles. The van der Waals surface area contributed by atoms with E-state index in [1.54, 1.807) is 32.0 Å².